The minimum absolute atomic E-state index is 0.833. The average Bonchev–Trinajstić information content (AvgIpc) is 3.05. The number of aryl methyl sites for hydroxylation is 4. The quantitative estimate of drug-likeness (QED) is 0.0723. The smallest absolute Gasteiger partial charge is 0.0314 e. The van der Waals surface area contributed by atoms with Gasteiger partial charge in [0.1, 0.15) is 0 Å². The van der Waals surface area contributed by atoms with Crippen LogP contribution >= 0.6 is 0 Å². The summed E-state index contributed by atoms with van der Waals surface area (Å²) in [5.74, 6) is 0. The third kappa shape index (κ3) is 13.1. The van der Waals surface area contributed by atoms with Crippen molar-refractivity contribution in [3.05, 3.63) is 129 Å². The van der Waals surface area contributed by atoms with E-state index in [4.69, 9.17) is 11.5 Å². The van der Waals surface area contributed by atoms with Gasteiger partial charge < -0.3 is 11.5 Å². The van der Waals surface area contributed by atoms with Crippen LogP contribution in [0.1, 0.15) is 134 Å². The summed E-state index contributed by atoms with van der Waals surface area (Å²) in [4.78, 5) is 0. The highest BCUT2D eigenvalue weighted by Gasteiger charge is 2.04. The van der Waals surface area contributed by atoms with Crippen LogP contribution in [0.2, 0.25) is 0 Å². The number of nitrogen functional groups attached to an aromatic ring is 2. The van der Waals surface area contributed by atoms with Crippen LogP contribution in [0, 0.1) is 13.8 Å². The molecule has 0 radical (unpaired) electrons. The molecular formula is C44H60N2. The lowest BCUT2D eigenvalue weighted by Gasteiger charge is -2.10. The Morgan fingerprint density at radius 1 is 0.348 bits per heavy atom. The number of hydrogen-bond donors (Lipinski definition) is 2. The number of unbranched alkanes of at least 4 members (excludes halogenated alkanes) is 13. The van der Waals surface area contributed by atoms with E-state index in [9.17, 15) is 0 Å². The van der Waals surface area contributed by atoms with Gasteiger partial charge >= 0.3 is 0 Å². The predicted molar refractivity (Wildman–Crippen MR) is 202 cm³/mol. The van der Waals surface area contributed by atoms with Crippen LogP contribution in [0.5, 0.6) is 0 Å². The Morgan fingerprint density at radius 3 is 0.935 bits per heavy atom. The zero-order valence-electron chi connectivity index (χ0n) is 29.0. The molecule has 46 heavy (non-hydrogen) atoms. The van der Waals surface area contributed by atoms with Gasteiger partial charge in [-0.2, -0.15) is 0 Å². The lowest BCUT2D eigenvalue weighted by Crippen LogP contribution is -1.95. The SMILES string of the molecule is Cc1cc(Cc2ccc(N)cc2)ccc1CCCCCCCCCCCCCCCCc1ccc(Cc2ccc(N)cc2)cc1C. The molecule has 0 heterocycles. The second-order valence-corrected chi connectivity index (χ2v) is 13.8. The summed E-state index contributed by atoms with van der Waals surface area (Å²) >= 11 is 0. The summed E-state index contributed by atoms with van der Waals surface area (Å²) in [7, 11) is 0. The predicted octanol–water partition coefficient (Wildman–Crippen LogP) is 11.9. The second kappa shape index (κ2) is 19.9. The number of benzene rings is 4. The fourth-order valence-electron chi connectivity index (χ4n) is 6.79. The van der Waals surface area contributed by atoms with Gasteiger partial charge in [-0.05, 0) is 121 Å². The molecule has 0 fully saturated rings. The molecule has 0 saturated carbocycles. The van der Waals surface area contributed by atoms with E-state index in [0.717, 1.165) is 24.2 Å². The highest BCUT2D eigenvalue weighted by Crippen LogP contribution is 2.21. The molecule has 4 aromatic rings. The molecule has 0 aliphatic heterocycles. The maximum atomic E-state index is 5.82. The Bertz CT molecular complexity index is 1310. The summed E-state index contributed by atoms with van der Waals surface area (Å²) in [6.45, 7) is 4.55. The van der Waals surface area contributed by atoms with Crippen LogP contribution in [-0.4, -0.2) is 0 Å². The van der Waals surface area contributed by atoms with Gasteiger partial charge in [-0.1, -0.05) is 138 Å². The maximum absolute atomic E-state index is 5.82. The lowest BCUT2D eigenvalue weighted by atomic mass is 9.96. The molecule has 0 amide bonds. The number of nitrogens with two attached hydrogens (primary N) is 2. The van der Waals surface area contributed by atoms with E-state index in [1.54, 1.807) is 0 Å². The number of rotatable bonds is 21. The van der Waals surface area contributed by atoms with Gasteiger partial charge in [0.25, 0.3) is 0 Å². The highest BCUT2D eigenvalue weighted by molar-refractivity contribution is 5.42. The van der Waals surface area contributed by atoms with Crippen molar-refractivity contribution in [1.82, 2.24) is 0 Å². The van der Waals surface area contributed by atoms with Crippen LogP contribution in [-0.2, 0) is 25.7 Å². The van der Waals surface area contributed by atoms with E-state index in [2.05, 4.69) is 74.5 Å². The van der Waals surface area contributed by atoms with Crippen molar-refractivity contribution in [3.63, 3.8) is 0 Å². The Hall–Kier alpha value is -3.52. The van der Waals surface area contributed by atoms with Crippen molar-refractivity contribution in [2.45, 2.75) is 129 Å². The third-order valence-corrected chi connectivity index (χ3v) is 9.73. The first-order chi connectivity index (χ1) is 22.5. The Labute approximate surface area is 281 Å². The molecule has 0 unspecified atom stereocenters. The van der Waals surface area contributed by atoms with Crippen molar-refractivity contribution < 1.29 is 0 Å². The van der Waals surface area contributed by atoms with Crippen LogP contribution in [0.3, 0.4) is 0 Å². The summed E-state index contributed by atoms with van der Waals surface area (Å²) in [6, 6.07) is 30.6. The molecule has 0 saturated heterocycles. The van der Waals surface area contributed by atoms with Crippen molar-refractivity contribution in [2.24, 2.45) is 0 Å². The monoisotopic (exact) mass is 616 g/mol. The molecule has 4 N–H and O–H groups in total. The third-order valence-electron chi connectivity index (χ3n) is 9.73. The van der Waals surface area contributed by atoms with Crippen molar-refractivity contribution in [3.8, 4) is 0 Å². The second-order valence-electron chi connectivity index (χ2n) is 13.8. The van der Waals surface area contributed by atoms with Gasteiger partial charge in [0, 0.05) is 11.4 Å². The molecule has 4 aromatic carbocycles. The summed E-state index contributed by atoms with van der Waals surface area (Å²) in [5, 5.41) is 0. The van der Waals surface area contributed by atoms with E-state index in [1.165, 1.54) is 147 Å². The molecule has 0 aliphatic rings. The van der Waals surface area contributed by atoms with Crippen molar-refractivity contribution >= 4 is 11.4 Å². The molecule has 246 valence electrons. The first kappa shape index (κ1) is 35.3. The van der Waals surface area contributed by atoms with E-state index in [0.29, 0.717) is 0 Å². The standard InChI is InChI=1S/C44H60N2/c1-35-31-39(33-37-21-27-43(45)28-22-37)19-25-41(35)17-15-13-11-9-7-5-3-4-6-8-10-12-14-16-18-42-26-20-40(32-36(42)2)34-38-23-29-44(46)30-24-38/h19-32H,3-18,33-34,45-46H2,1-2H3. The Kier molecular flexibility index (Phi) is 15.3. The van der Waals surface area contributed by atoms with Gasteiger partial charge in [-0.15, -0.1) is 0 Å². The molecule has 0 atom stereocenters. The van der Waals surface area contributed by atoms with Gasteiger partial charge in [0.05, 0.1) is 0 Å². The summed E-state index contributed by atoms with van der Waals surface area (Å²) in [6.07, 6.45) is 23.9. The summed E-state index contributed by atoms with van der Waals surface area (Å²) in [5.41, 5.74) is 24.7. The van der Waals surface area contributed by atoms with Gasteiger partial charge in [-0.25, -0.2) is 0 Å². The van der Waals surface area contributed by atoms with Gasteiger partial charge in [-0.3, -0.25) is 0 Å². The minimum atomic E-state index is 0.833. The topological polar surface area (TPSA) is 52.0 Å². The zero-order valence-corrected chi connectivity index (χ0v) is 29.0. The van der Waals surface area contributed by atoms with Crippen molar-refractivity contribution in [1.29, 1.82) is 0 Å². The van der Waals surface area contributed by atoms with E-state index in [1.807, 2.05) is 24.3 Å². The fourth-order valence-corrected chi connectivity index (χ4v) is 6.79. The van der Waals surface area contributed by atoms with Crippen LogP contribution in [0.4, 0.5) is 11.4 Å². The van der Waals surface area contributed by atoms with Gasteiger partial charge in [0.2, 0.25) is 0 Å². The first-order valence-corrected chi connectivity index (χ1v) is 18.3. The first-order valence-electron chi connectivity index (χ1n) is 18.3. The largest absolute Gasteiger partial charge is 0.399 e. The van der Waals surface area contributed by atoms with Crippen molar-refractivity contribution in [2.75, 3.05) is 11.5 Å². The molecule has 0 aromatic heterocycles. The zero-order chi connectivity index (χ0) is 32.4. The minimum Gasteiger partial charge on any atom is -0.399 e. The van der Waals surface area contributed by atoms with Gasteiger partial charge in [0.15, 0.2) is 0 Å². The molecular weight excluding hydrogens is 556 g/mol. The molecule has 4 rings (SSSR count). The highest BCUT2D eigenvalue weighted by atomic mass is 14.5. The Morgan fingerprint density at radius 2 is 0.630 bits per heavy atom. The van der Waals surface area contributed by atoms with E-state index in [-0.39, 0.29) is 0 Å². The van der Waals surface area contributed by atoms with E-state index >= 15 is 0 Å². The molecule has 2 nitrogen and oxygen atoms in total. The molecule has 0 spiro atoms. The summed E-state index contributed by atoms with van der Waals surface area (Å²) < 4.78 is 0. The average molecular weight is 617 g/mol. The number of hydrogen-bond acceptors (Lipinski definition) is 2. The van der Waals surface area contributed by atoms with E-state index < -0.39 is 0 Å². The molecule has 0 aliphatic carbocycles. The normalized spacial score (nSPS) is 11.3. The van der Waals surface area contributed by atoms with Crippen LogP contribution < -0.4 is 11.5 Å². The molecule has 2 heteroatoms. The number of anilines is 2. The maximum Gasteiger partial charge on any atom is 0.0314 e. The van der Waals surface area contributed by atoms with Crippen LogP contribution in [0.25, 0.3) is 0 Å². The Balaban J connectivity index is 0.933. The molecule has 0 bridgehead atoms. The lowest BCUT2D eigenvalue weighted by molar-refractivity contribution is 0.533. The van der Waals surface area contributed by atoms with Crippen LogP contribution in [0.15, 0.2) is 84.9 Å². The fraction of sp³-hybridized carbons (Fsp3) is 0.455.